The van der Waals surface area contributed by atoms with Crippen molar-refractivity contribution >= 4 is 30.1 Å². The normalized spacial score (nSPS) is 17.8. The van der Waals surface area contributed by atoms with Gasteiger partial charge in [-0.3, -0.25) is 9.78 Å². The van der Waals surface area contributed by atoms with Crippen molar-refractivity contribution in [2.75, 3.05) is 19.6 Å². The Hall–Kier alpha value is -3.15. The van der Waals surface area contributed by atoms with Crippen molar-refractivity contribution in [3.05, 3.63) is 64.4 Å². The summed E-state index contributed by atoms with van der Waals surface area (Å²) in [5.41, 5.74) is -1.21. The molecule has 176 valence electrons. The molecule has 0 bridgehead atoms. The van der Waals surface area contributed by atoms with Crippen LogP contribution in [0, 0.1) is 0 Å². The van der Waals surface area contributed by atoms with Gasteiger partial charge in [-0.2, -0.15) is 31.4 Å². The maximum atomic E-state index is 13.5. The number of carbonyl (C=O) groups excluding carboxylic acids is 1. The molecule has 1 atom stereocenters. The molecule has 2 aromatic rings. The Morgan fingerprint density at radius 1 is 1.12 bits per heavy atom. The number of alkyl halides is 6. The van der Waals surface area contributed by atoms with Gasteiger partial charge in [0.2, 0.25) is 5.84 Å². The van der Waals surface area contributed by atoms with Gasteiger partial charge in [0.1, 0.15) is 0 Å². The minimum absolute atomic E-state index is 0.253. The molecule has 1 aliphatic heterocycles. The highest BCUT2D eigenvalue weighted by molar-refractivity contribution is 6.34. The van der Waals surface area contributed by atoms with Gasteiger partial charge in [-0.1, -0.05) is 23.7 Å². The molecule has 2 heterocycles. The van der Waals surface area contributed by atoms with E-state index < -0.39 is 46.3 Å². The van der Waals surface area contributed by atoms with Gasteiger partial charge in [-0.15, -0.1) is 5.10 Å². The van der Waals surface area contributed by atoms with Crippen LogP contribution in [0.1, 0.15) is 27.5 Å². The highest BCUT2D eigenvalue weighted by atomic mass is 35.5. The Kier molecular flexibility index (Phi) is 6.96. The largest absolute Gasteiger partial charge is 0.451 e. The van der Waals surface area contributed by atoms with Gasteiger partial charge in [-0.25, -0.2) is 0 Å². The molecule has 1 unspecified atom stereocenters. The van der Waals surface area contributed by atoms with Crippen LogP contribution >= 0.6 is 11.6 Å². The van der Waals surface area contributed by atoms with Gasteiger partial charge in [0, 0.05) is 38.7 Å². The summed E-state index contributed by atoms with van der Waals surface area (Å²) in [6.07, 6.45) is -6.83. The van der Waals surface area contributed by atoms with Gasteiger partial charge in [0.05, 0.1) is 22.2 Å². The number of amides is 1. The van der Waals surface area contributed by atoms with Crippen LogP contribution in [0.15, 0.2) is 52.9 Å². The maximum Gasteiger partial charge on any atom is 0.451 e. The zero-order valence-electron chi connectivity index (χ0n) is 16.7. The van der Waals surface area contributed by atoms with E-state index in [9.17, 15) is 31.1 Å². The van der Waals surface area contributed by atoms with E-state index in [0.29, 0.717) is 5.56 Å². The zero-order valence-corrected chi connectivity index (χ0v) is 17.5. The lowest BCUT2D eigenvalue weighted by molar-refractivity contribution is -0.137. The van der Waals surface area contributed by atoms with E-state index in [0.717, 1.165) is 23.1 Å². The Balaban J connectivity index is 2.01. The van der Waals surface area contributed by atoms with Crippen LogP contribution < -0.4 is 0 Å². The third-order valence-electron chi connectivity index (χ3n) is 4.96. The molecule has 0 aliphatic carbocycles. The van der Waals surface area contributed by atoms with E-state index in [4.69, 9.17) is 11.6 Å². The predicted octanol–water partition coefficient (Wildman–Crippen LogP) is 4.83. The fourth-order valence-electron chi connectivity index (χ4n) is 3.51. The summed E-state index contributed by atoms with van der Waals surface area (Å²) in [7, 11) is 0. The van der Waals surface area contributed by atoms with Crippen molar-refractivity contribution in [3.8, 4) is 0 Å². The second kappa shape index (κ2) is 9.38. The Morgan fingerprint density at radius 3 is 2.42 bits per heavy atom. The molecule has 1 amide bonds. The second-order valence-corrected chi connectivity index (χ2v) is 7.35. The Bertz CT molecular complexity index is 1060. The average Bonchev–Trinajstić information content (AvgIpc) is 2.76. The summed E-state index contributed by atoms with van der Waals surface area (Å²) in [6, 6.07) is 5.01. The van der Waals surface area contributed by atoms with Gasteiger partial charge in [-0.05, 0) is 23.8 Å². The summed E-state index contributed by atoms with van der Waals surface area (Å²) in [5.74, 6) is -2.15. The second-order valence-electron chi connectivity index (χ2n) is 6.97. The summed E-state index contributed by atoms with van der Waals surface area (Å²) in [5, 5.41) is 5.29. The van der Waals surface area contributed by atoms with Gasteiger partial charge >= 0.3 is 12.4 Å². The average molecular weight is 492 g/mol. The first kappa shape index (κ1) is 24.5. The van der Waals surface area contributed by atoms with E-state index in [-0.39, 0.29) is 19.6 Å². The van der Waals surface area contributed by atoms with Crippen molar-refractivity contribution in [1.29, 1.82) is 0 Å². The molecule has 0 radical (unpaired) electrons. The number of piperazine rings is 1. The van der Waals surface area contributed by atoms with Crippen LogP contribution in [-0.2, 0) is 6.18 Å². The van der Waals surface area contributed by atoms with Crippen LogP contribution in [0.2, 0.25) is 5.02 Å². The molecular weight excluding hydrogens is 476 g/mol. The smallest absolute Gasteiger partial charge is 0.347 e. The van der Waals surface area contributed by atoms with Crippen LogP contribution in [0.25, 0.3) is 0 Å². The van der Waals surface area contributed by atoms with Gasteiger partial charge in [0.15, 0.2) is 0 Å². The zero-order chi connectivity index (χ0) is 24.4. The fourth-order valence-corrected chi connectivity index (χ4v) is 3.83. The highest BCUT2D eigenvalue weighted by Crippen LogP contribution is 2.38. The van der Waals surface area contributed by atoms with Crippen LogP contribution in [0.5, 0.6) is 0 Å². The lowest BCUT2D eigenvalue weighted by atomic mass is 10.0. The minimum atomic E-state index is -4.84. The summed E-state index contributed by atoms with van der Waals surface area (Å²) >= 11 is 5.90. The van der Waals surface area contributed by atoms with E-state index in [1.165, 1.54) is 23.4 Å². The molecule has 33 heavy (non-hydrogen) atoms. The molecule has 0 N–H and O–H groups in total. The van der Waals surface area contributed by atoms with Gasteiger partial charge < -0.3 is 9.80 Å². The number of amidine groups is 1. The van der Waals surface area contributed by atoms with Gasteiger partial charge in [0.25, 0.3) is 5.91 Å². The number of hydrogen-bond acceptors (Lipinski definition) is 4. The third kappa shape index (κ3) is 5.27. The molecular formula is C20H16ClF6N5O. The van der Waals surface area contributed by atoms with E-state index in [1.54, 1.807) is 6.07 Å². The molecule has 0 saturated carbocycles. The first-order valence-corrected chi connectivity index (χ1v) is 9.75. The van der Waals surface area contributed by atoms with Crippen LogP contribution in [-0.4, -0.2) is 59.1 Å². The van der Waals surface area contributed by atoms with Crippen molar-refractivity contribution in [3.63, 3.8) is 0 Å². The number of benzene rings is 1. The third-order valence-corrected chi connectivity index (χ3v) is 5.37. The molecule has 1 aromatic carbocycles. The first-order valence-electron chi connectivity index (χ1n) is 9.37. The standard InChI is InChI=1S/C20H16ClF6N5O/c1-28-30-18(20(25,26)27)31-8-9-32(15(11-31)12-4-3-7-29-10-12)17(33)13-5-2-6-14(16(13)21)19(22,23)24/h2-7,10,15H,1,8-9,11H2/b30-18-. The number of halogens is 7. The van der Waals surface area contributed by atoms with E-state index >= 15 is 0 Å². The molecule has 1 saturated heterocycles. The van der Waals surface area contributed by atoms with Crippen molar-refractivity contribution in [2.45, 2.75) is 18.4 Å². The summed E-state index contributed by atoms with van der Waals surface area (Å²) in [4.78, 5) is 19.2. The summed E-state index contributed by atoms with van der Waals surface area (Å²) in [6.45, 7) is 2.05. The topological polar surface area (TPSA) is 61.2 Å². The quantitative estimate of drug-likeness (QED) is 0.267. The highest BCUT2D eigenvalue weighted by Gasteiger charge is 2.44. The molecule has 3 rings (SSSR count). The van der Waals surface area contributed by atoms with Crippen LogP contribution in [0.4, 0.5) is 26.3 Å². The number of aromatic nitrogens is 1. The van der Waals surface area contributed by atoms with E-state index in [1.807, 2.05) is 0 Å². The molecule has 1 aliphatic rings. The summed E-state index contributed by atoms with van der Waals surface area (Å²) < 4.78 is 80.1. The van der Waals surface area contributed by atoms with Crippen molar-refractivity contribution < 1.29 is 31.1 Å². The molecule has 1 aromatic heterocycles. The molecule has 6 nitrogen and oxygen atoms in total. The number of rotatable bonds is 3. The lowest BCUT2D eigenvalue weighted by Crippen LogP contribution is -2.55. The van der Waals surface area contributed by atoms with Crippen LogP contribution in [0.3, 0.4) is 0 Å². The Morgan fingerprint density at radius 2 is 1.85 bits per heavy atom. The monoisotopic (exact) mass is 491 g/mol. The fraction of sp³-hybridized carbons (Fsp3) is 0.300. The maximum absolute atomic E-state index is 13.5. The first-order chi connectivity index (χ1) is 15.4. The number of pyridine rings is 1. The number of hydrogen-bond donors (Lipinski definition) is 0. The SMILES string of the molecule is C=N/N=C(\N1CCN(C(=O)c2cccc(C(F)(F)F)c2Cl)C(c2cccnc2)C1)C(F)(F)F. The lowest BCUT2D eigenvalue weighted by Gasteiger charge is -2.42. The molecule has 0 spiro atoms. The minimum Gasteiger partial charge on any atom is -0.347 e. The van der Waals surface area contributed by atoms with E-state index in [2.05, 4.69) is 21.9 Å². The van der Waals surface area contributed by atoms with Crippen molar-refractivity contribution in [2.24, 2.45) is 10.2 Å². The Labute approximate surface area is 189 Å². The molecule has 1 fully saturated rings. The predicted molar refractivity (Wildman–Crippen MR) is 109 cm³/mol. The number of nitrogens with zero attached hydrogens (tertiary/aromatic N) is 5. The van der Waals surface area contributed by atoms with Crippen molar-refractivity contribution in [1.82, 2.24) is 14.8 Å². The number of carbonyl (C=O) groups is 1. The molecule has 13 heteroatoms.